The standard InChI is InChI=1S/C17H32N2O/c1-17(2,20-3)5-4-15(19-18)16-13-7-11-6-12(9-13)10-14(16)8-11/h11-16,19H,4-10,18H2,1-3H3. The highest BCUT2D eigenvalue weighted by atomic mass is 16.5. The number of hydrogen-bond donors (Lipinski definition) is 2. The molecular formula is C17H32N2O. The molecule has 0 aromatic carbocycles. The summed E-state index contributed by atoms with van der Waals surface area (Å²) in [5.74, 6) is 10.7. The van der Waals surface area contributed by atoms with Crippen LogP contribution in [0.3, 0.4) is 0 Å². The van der Waals surface area contributed by atoms with Crippen LogP contribution in [-0.4, -0.2) is 18.8 Å². The second-order valence-electron chi connectivity index (χ2n) is 8.28. The van der Waals surface area contributed by atoms with Crippen LogP contribution in [0.25, 0.3) is 0 Å². The van der Waals surface area contributed by atoms with Crippen LogP contribution in [0.4, 0.5) is 0 Å². The Balaban J connectivity index is 1.64. The smallest absolute Gasteiger partial charge is 0.0623 e. The maximum absolute atomic E-state index is 5.93. The van der Waals surface area contributed by atoms with Gasteiger partial charge in [-0.05, 0) is 88.4 Å². The van der Waals surface area contributed by atoms with Crippen molar-refractivity contribution in [2.24, 2.45) is 35.4 Å². The Morgan fingerprint density at radius 2 is 1.65 bits per heavy atom. The fourth-order valence-electron chi connectivity index (χ4n) is 5.62. The lowest BCUT2D eigenvalue weighted by atomic mass is 9.50. The lowest BCUT2D eigenvalue weighted by molar-refractivity contribution is -0.0580. The maximum Gasteiger partial charge on any atom is 0.0623 e. The predicted octanol–water partition coefficient (Wildman–Crippen LogP) is 3.10. The van der Waals surface area contributed by atoms with Gasteiger partial charge in [0.05, 0.1) is 5.60 Å². The molecule has 3 heteroatoms. The second kappa shape index (κ2) is 5.58. The zero-order valence-electron chi connectivity index (χ0n) is 13.4. The third kappa shape index (κ3) is 2.77. The third-order valence-electron chi connectivity index (χ3n) is 6.59. The second-order valence-corrected chi connectivity index (χ2v) is 8.28. The number of nitrogens with two attached hydrogens (primary N) is 1. The number of methoxy groups -OCH3 is 1. The summed E-state index contributed by atoms with van der Waals surface area (Å²) in [5.41, 5.74) is 3.14. The van der Waals surface area contributed by atoms with Gasteiger partial charge in [0.2, 0.25) is 0 Å². The quantitative estimate of drug-likeness (QED) is 0.580. The van der Waals surface area contributed by atoms with Gasteiger partial charge in [0, 0.05) is 13.2 Å². The summed E-state index contributed by atoms with van der Waals surface area (Å²) in [6.07, 6.45) is 9.66. The normalized spacial score (nSPS) is 41.1. The maximum atomic E-state index is 5.93. The van der Waals surface area contributed by atoms with Gasteiger partial charge in [0.15, 0.2) is 0 Å². The summed E-state index contributed by atoms with van der Waals surface area (Å²) in [4.78, 5) is 0. The summed E-state index contributed by atoms with van der Waals surface area (Å²) in [6, 6.07) is 0.486. The van der Waals surface area contributed by atoms with Gasteiger partial charge in [-0.15, -0.1) is 0 Å². The van der Waals surface area contributed by atoms with Crippen LogP contribution in [-0.2, 0) is 4.74 Å². The first-order valence-electron chi connectivity index (χ1n) is 8.53. The zero-order chi connectivity index (χ0) is 14.3. The molecule has 0 heterocycles. The number of nitrogens with one attached hydrogen (secondary N) is 1. The molecule has 4 aliphatic carbocycles. The molecule has 0 radical (unpaired) electrons. The number of hydrogen-bond acceptors (Lipinski definition) is 3. The van der Waals surface area contributed by atoms with Crippen LogP contribution in [0, 0.1) is 29.6 Å². The van der Waals surface area contributed by atoms with Crippen molar-refractivity contribution in [2.45, 2.75) is 70.4 Å². The summed E-state index contributed by atoms with van der Waals surface area (Å²) in [6.45, 7) is 4.36. The molecule has 1 unspecified atom stereocenters. The molecule has 116 valence electrons. The Labute approximate surface area is 124 Å². The summed E-state index contributed by atoms with van der Waals surface area (Å²) < 4.78 is 5.57. The van der Waals surface area contributed by atoms with Gasteiger partial charge in [-0.3, -0.25) is 11.3 Å². The molecule has 3 nitrogen and oxygen atoms in total. The lowest BCUT2D eigenvalue weighted by Crippen LogP contribution is -2.54. The highest BCUT2D eigenvalue weighted by molar-refractivity contribution is 5.01. The Bertz CT molecular complexity index is 314. The van der Waals surface area contributed by atoms with Crippen LogP contribution in [0.2, 0.25) is 0 Å². The van der Waals surface area contributed by atoms with E-state index >= 15 is 0 Å². The molecule has 4 bridgehead atoms. The van der Waals surface area contributed by atoms with Gasteiger partial charge >= 0.3 is 0 Å². The van der Waals surface area contributed by atoms with E-state index < -0.39 is 0 Å². The SMILES string of the molecule is COC(C)(C)CCC(NN)C1C2CC3CC(C2)CC1C3. The minimum atomic E-state index is -0.0268. The van der Waals surface area contributed by atoms with Crippen molar-refractivity contribution in [3.05, 3.63) is 0 Å². The first-order chi connectivity index (χ1) is 9.52. The van der Waals surface area contributed by atoms with Crippen molar-refractivity contribution in [1.82, 2.24) is 5.43 Å². The lowest BCUT2D eigenvalue weighted by Gasteiger charge is -2.56. The van der Waals surface area contributed by atoms with E-state index in [9.17, 15) is 0 Å². The molecule has 4 aliphatic rings. The molecule has 4 rings (SSSR count). The molecule has 0 spiro atoms. The van der Waals surface area contributed by atoms with E-state index in [1.54, 1.807) is 0 Å². The van der Waals surface area contributed by atoms with Crippen LogP contribution in [0.1, 0.15) is 58.8 Å². The highest BCUT2D eigenvalue weighted by Crippen LogP contribution is 2.57. The Morgan fingerprint density at radius 3 is 2.10 bits per heavy atom. The van der Waals surface area contributed by atoms with Gasteiger partial charge in [-0.25, -0.2) is 0 Å². The molecule has 0 amide bonds. The molecule has 0 aromatic heterocycles. The molecule has 1 atom stereocenters. The van der Waals surface area contributed by atoms with Crippen molar-refractivity contribution in [3.8, 4) is 0 Å². The largest absolute Gasteiger partial charge is 0.379 e. The number of ether oxygens (including phenoxy) is 1. The van der Waals surface area contributed by atoms with Gasteiger partial charge in [-0.1, -0.05) is 0 Å². The van der Waals surface area contributed by atoms with Crippen molar-refractivity contribution >= 4 is 0 Å². The van der Waals surface area contributed by atoms with Gasteiger partial charge in [0.25, 0.3) is 0 Å². The van der Waals surface area contributed by atoms with E-state index in [2.05, 4.69) is 19.3 Å². The van der Waals surface area contributed by atoms with Gasteiger partial charge in [-0.2, -0.15) is 0 Å². The fraction of sp³-hybridized carbons (Fsp3) is 1.00. The topological polar surface area (TPSA) is 47.3 Å². The van der Waals surface area contributed by atoms with Crippen LogP contribution in [0.5, 0.6) is 0 Å². The minimum Gasteiger partial charge on any atom is -0.379 e. The third-order valence-corrected chi connectivity index (χ3v) is 6.59. The van der Waals surface area contributed by atoms with Crippen LogP contribution in [0.15, 0.2) is 0 Å². The van der Waals surface area contributed by atoms with Gasteiger partial charge in [0.1, 0.15) is 0 Å². The van der Waals surface area contributed by atoms with Crippen molar-refractivity contribution in [2.75, 3.05) is 7.11 Å². The monoisotopic (exact) mass is 280 g/mol. The van der Waals surface area contributed by atoms with E-state index in [4.69, 9.17) is 10.6 Å². The van der Waals surface area contributed by atoms with E-state index in [-0.39, 0.29) is 5.60 Å². The molecule has 0 aromatic rings. The van der Waals surface area contributed by atoms with Gasteiger partial charge < -0.3 is 4.74 Å². The Hall–Kier alpha value is -0.120. The molecule has 0 aliphatic heterocycles. The Kier molecular flexibility index (Phi) is 4.13. The molecule has 3 N–H and O–H groups in total. The molecule has 4 fully saturated rings. The molecule has 20 heavy (non-hydrogen) atoms. The Morgan fingerprint density at radius 1 is 1.10 bits per heavy atom. The van der Waals surface area contributed by atoms with Crippen molar-refractivity contribution in [1.29, 1.82) is 0 Å². The van der Waals surface area contributed by atoms with Crippen LogP contribution < -0.4 is 11.3 Å². The van der Waals surface area contributed by atoms with E-state index in [0.717, 1.165) is 42.4 Å². The van der Waals surface area contributed by atoms with Crippen LogP contribution >= 0.6 is 0 Å². The molecule has 0 saturated heterocycles. The minimum absolute atomic E-state index is 0.0268. The predicted molar refractivity (Wildman–Crippen MR) is 82.0 cm³/mol. The molecular weight excluding hydrogens is 248 g/mol. The fourth-order valence-corrected chi connectivity index (χ4v) is 5.62. The van der Waals surface area contributed by atoms with E-state index in [0.29, 0.717) is 6.04 Å². The number of rotatable bonds is 6. The van der Waals surface area contributed by atoms with Crippen molar-refractivity contribution in [3.63, 3.8) is 0 Å². The van der Waals surface area contributed by atoms with Crippen molar-refractivity contribution < 1.29 is 4.74 Å². The summed E-state index contributed by atoms with van der Waals surface area (Å²) in [7, 11) is 1.81. The summed E-state index contributed by atoms with van der Waals surface area (Å²) in [5, 5.41) is 0. The first-order valence-corrected chi connectivity index (χ1v) is 8.53. The zero-order valence-corrected chi connectivity index (χ0v) is 13.4. The summed E-state index contributed by atoms with van der Waals surface area (Å²) >= 11 is 0. The van der Waals surface area contributed by atoms with E-state index in [1.165, 1.54) is 32.1 Å². The number of hydrazine groups is 1. The first kappa shape index (κ1) is 14.8. The van der Waals surface area contributed by atoms with E-state index in [1.807, 2.05) is 7.11 Å². The average Bonchev–Trinajstić information content (AvgIpc) is 2.41. The average molecular weight is 280 g/mol. The molecule has 4 saturated carbocycles. The highest BCUT2D eigenvalue weighted by Gasteiger charge is 2.50.